The minimum atomic E-state index is -0.937. The summed E-state index contributed by atoms with van der Waals surface area (Å²) in [6, 6.07) is 13.1. The van der Waals surface area contributed by atoms with Gasteiger partial charge in [0.05, 0.1) is 23.0 Å². The largest absolute Gasteiger partial charge is 0.481 e. The molecule has 22 heavy (non-hydrogen) atoms. The Morgan fingerprint density at radius 3 is 2.41 bits per heavy atom. The molecule has 2 N–H and O–H groups in total. The molecule has 3 rings (SSSR count). The number of carboxylic acids is 1. The quantitative estimate of drug-likeness (QED) is 0.762. The Hall–Kier alpha value is -3.15. The molecular weight excluding hydrogens is 284 g/mol. The molecule has 0 fully saturated rings. The van der Waals surface area contributed by atoms with Gasteiger partial charge in [0.1, 0.15) is 0 Å². The Labute approximate surface area is 124 Å². The third-order valence-corrected chi connectivity index (χ3v) is 3.36. The lowest BCUT2D eigenvalue weighted by atomic mass is 10.1. The summed E-state index contributed by atoms with van der Waals surface area (Å²) in [4.78, 5) is 37.9. The molecule has 0 bridgehead atoms. The summed E-state index contributed by atoms with van der Waals surface area (Å²) in [6.07, 6.45) is -0.108. The van der Waals surface area contributed by atoms with E-state index >= 15 is 0 Å². The van der Waals surface area contributed by atoms with Crippen LogP contribution in [0.4, 0.5) is 0 Å². The van der Waals surface area contributed by atoms with Crippen molar-refractivity contribution in [1.29, 1.82) is 0 Å². The fraction of sp³-hybridized carbons (Fsp3) is 0.0625. The van der Waals surface area contributed by atoms with Gasteiger partial charge < -0.3 is 10.1 Å². The van der Waals surface area contributed by atoms with Crippen molar-refractivity contribution in [3.8, 4) is 5.69 Å². The Balaban J connectivity index is 2.16. The number of H-pyrrole nitrogens is 1. The van der Waals surface area contributed by atoms with Gasteiger partial charge in [0.15, 0.2) is 0 Å². The number of aliphatic carboxylic acids is 1. The molecule has 110 valence electrons. The maximum absolute atomic E-state index is 12.5. The van der Waals surface area contributed by atoms with Crippen LogP contribution < -0.4 is 11.2 Å². The molecule has 3 aromatic rings. The van der Waals surface area contributed by atoms with E-state index in [9.17, 15) is 14.4 Å². The average molecular weight is 296 g/mol. The molecule has 2 aromatic carbocycles. The Morgan fingerprint density at radius 1 is 1.05 bits per heavy atom. The van der Waals surface area contributed by atoms with Crippen molar-refractivity contribution < 1.29 is 9.90 Å². The van der Waals surface area contributed by atoms with Crippen LogP contribution in [0.3, 0.4) is 0 Å². The maximum Gasteiger partial charge on any atom is 0.333 e. The molecule has 0 aliphatic rings. The molecule has 1 heterocycles. The number of hydrogen-bond donors (Lipinski definition) is 2. The predicted molar refractivity (Wildman–Crippen MR) is 81.5 cm³/mol. The van der Waals surface area contributed by atoms with E-state index in [1.54, 1.807) is 48.5 Å². The number of carboxylic acid groups (broad SMARTS) is 1. The van der Waals surface area contributed by atoms with Crippen molar-refractivity contribution in [3.63, 3.8) is 0 Å². The lowest BCUT2D eigenvalue weighted by molar-refractivity contribution is -0.136. The van der Waals surface area contributed by atoms with Gasteiger partial charge in [-0.3, -0.25) is 9.59 Å². The van der Waals surface area contributed by atoms with E-state index in [0.717, 1.165) is 4.57 Å². The third-order valence-electron chi connectivity index (χ3n) is 3.36. The smallest absolute Gasteiger partial charge is 0.333 e. The molecule has 0 atom stereocenters. The van der Waals surface area contributed by atoms with Gasteiger partial charge in [-0.15, -0.1) is 0 Å². The van der Waals surface area contributed by atoms with Crippen LogP contribution in [-0.4, -0.2) is 20.6 Å². The third kappa shape index (κ3) is 2.42. The summed E-state index contributed by atoms with van der Waals surface area (Å²) in [6.45, 7) is 0. The number of nitrogens with zero attached hydrogens (tertiary/aromatic N) is 1. The molecule has 0 spiro atoms. The summed E-state index contributed by atoms with van der Waals surface area (Å²) in [5.74, 6) is -0.937. The first-order valence-corrected chi connectivity index (χ1v) is 6.61. The van der Waals surface area contributed by atoms with Gasteiger partial charge in [-0.05, 0) is 29.8 Å². The molecule has 0 saturated heterocycles. The second kappa shape index (κ2) is 5.33. The van der Waals surface area contributed by atoms with E-state index < -0.39 is 17.2 Å². The number of hydrogen-bond acceptors (Lipinski definition) is 3. The highest BCUT2D eigenvalue weighted by atomic mass is 16.4. The zero-order chi connectivity index (χ0) is 15.7. The summed E-state index contributed by atoms with van der Waals surface area (Å²) in [5.41, 5.74) is 0.531. The highest BCUT2D eigenvalue weighted by Gasteiger charge is 2.09. The van der Waals surface area contributed by atoms with Crippen LogP contribution in [-0.2, 0) is 11.2 Å². The number of carbonyl (C=O) groups is 1. The van der Waals surface area contributed by atoms with E-state index in [1.165, 1.54) is 0 Å². The number of benzene rings is 2. The van der Waals surface area contributed by atoms with Gasteiger partial charge in [-0.25, -0.2) is 9.36 Å². The van der Waals surface area contributed by atoms with E-state index in [0.29, 0.717) is 22.2 Å². The summed E-state index contributed by atoms with van der Waals surface area (Å²) in [5, 5.41) is 9.16. The molecule has 6 heteroatoms. The van der Waals surface area contributed by atoms with Gasteiger partial charge in [-0.2, -0.15) is 0 Å². The van der Waals surface area contributed by atoms with Crippen molar-refractivity contribution in [1.82, 2.24) is 9.55 Å². The molecule has 0 radical (unpaired) electrons. The lowest BCUT2D eigenvalue weighted by Gasteiger charge is -2.07. The number of aromatic nitrogens is 2. The molecular formula is C16H12N2O4. The second-order valence-corrected chi connectivity index (χ2v) is 4.85. The van der Waals surface area contributed by atoms with E-state index in [-0.39, 0.29) is 6.42 Å². The van der Waals surface area contributed by atoms with Crippen LogP contribution in [0.2, 0.25) is 0 Å². The van der Waals surface area contributed by atoms with Crippen LogP contribution >= 0.6 is 0 Å². The first kappa shape index (κ1) is 13.8. The van der Waals surface area contributed by atoms with E-state index in [2.05, 4.69) is 4.98 Å². The average Bonchev–Trinajstić information content (AvgIpc) is 2.48. The second-order valence-electron chi connectivity index (χ2n) is 4.85. The number of aromatic amines is 1. The topological polar surface area (TPSA) is 92.2 Å². The van der Waals surface area contributed by atoms with Crippen molar-refractivity contribution in [2.45, 2.75) is 6.42 Å². The van der Waals surface area contributed by atoms with Crippen LogP contribution in [0, 0.1) is 0 Å². The van der Waals surface area contributed by atoms with E-state index in [1.807, 2.05) is 0 Å². The summed E-state index contributed by atoms with van der Waals surface area (Å²) < 4.78 is 1.03. The normalized spacial score (nSPS) is 10.7. The first-order valence-electron chi connectivity index (χ1n) is 6.61. The highest BCUT2D eigenvalue weighted by Crippen LogP contribution is 2.09. The minimum Gasteiger partial charge on any atom is -0.481 e. The molecule has 0 aliphatic heterocycles. The zero-order valence-electron chi connectivity index (χ0n) is 11.4. The number of fused-ring (bicyclic) bond motifs is 1. The molecule has 1 aromatic heterocycles. The van der Waals surface area contributed by atoms with Crippen LogP contribution in [0.1, 0.15) is 5.56 Å². The SMILES string of the molecule is O=C(O)Cc1ccc(-n2c(=O)[nH]c3ccccc3c2=O)cc1. The Kier molecular flexibility index (Phi) is 3.34. The summed E-state index contributed by atoms with van der Waals surface area (Å²) in [7, 11) is 0. The maximum atomic E-state index is 12.5. The predicted octanol–water partition coefficient (Wildman–Crippen LogP) is 1.31. The Bertz CT molecular complexity index is 968. The van der Waals surface area contributed by atoms with Crippen LogP contribution in [0.15, 0.2) is 58.1 Å². The number of rotatable bonds is 3. The molecule has 6 nitrogen and oxygen atoms in total. The summed E-state index contributed by atoms with van der Waals surface area (Å²) >= 11 is 0. The van der Waals surface area contributed by atoms with Gasteiger partial charge in [-0.1, -0.05) is 24.3 Å². The monoisotopic (exact) mass is 296 g/mol. The van der Waals surface area contributed by atoms with Crippen molar-refractivity contribution in [3.05, 3.63) is 74.9 Å². The standard InChI is InChI=1S/C16H12N2O4/c19-14(20)9-10-5-7-11(8-6-10)18-15(21)12-3-1-2-4-13(12)17-16(18)22/h1-8H,9H2,(H,17,22)(H,19,20). The van der Waals surface area contributed by atoms with Crippen LogP contribution in [0.5, 0.6) is 0 Å². The molecule has 0 saturated carbocycles. The lowest BCUT2D eigenvalue weighted by Crippen LogP contribution is -2.33. The molecule has 0 unspecified atom stereocenters. The van der Waals surface area contributed by atoms with Crippen molar-refractivity contribution >= 4 is 16.9 Å². The minimum absolute atomic E-state index is 0.108. The fourth-order valence-corrected chi connectivity index (χ4v) is 2.33. The van der Waals surface area contributed by atoms with Crippen molar-refractivity contribution in [2.75, 3.05) is 0 Å². The fourth-order valence-electron chi connectivity index (χ4n) is 2.33. The van der Waals surface area contributed by atoms with Gasteiger partial charge >= 0.3 is 11.7 Å². The first-order chi connectivity index (χ1) is 10.6. The van der Waals surface area contributed by atoms with Gasteiger partial charge in [0.25, 0.3) is 5.56 Å². The number of para-hydroxylation sites is 1. The van der Waals surface area contributed by atoms with E-state index in [4.69, 9.17) is 5.11 Å². The van der Waals surface area contributed by atoms with Gasteiger partial charge in [0.2, 0.25) is 0 Å². The van der Waals surface area contributed by atoms with Crippen LogP contribution in [0.25, 0.3) is 16.6 Å². The van der Waals surface area contributed by atoms with Crippen molar-refractivity contribution in [2.24, 2.45) is 0 Å². The highest BCUT2D eigenvalue weighted by molar-refractivity contribution is 5.77. The Morgan fingerprint density at radius 2 is 1.73 bits per heavy atom. The number of nitrogens with one attached hydrogen (secondary N) is 1. The molecule has 0 aliphatic carbocycles. The molecule has 0 amide bonds. The van der Waals surface area contributed by atoms with Gasteiger partial charge in [0, 0.05) is 0 Å². The zero-order valence-corrected chi connectivity index (χ0v) is 11.4.